The topological polar surface area (TPSA) is 37.3 Å². The molecule has 1 aromatic heterocycles. The summed E-state index contributed by atoms with van der Waals surface area (Å²) in [5, 5.41) is 10.5. The second-order valence-corrected chi connectivity index (χ2v) is 10.3. The molecule has 3 heteroatoms. The van der Waals surface area contributed by atoms with Gasteiger partial charge in [0, 0.05) is 27.1 Å². The van der Waals surface area contributed by atoms with Gasteiger partial charge in [0.05, 0.1) is 0 Å². The predicted octanol–water partition coefficient (Wildman–Crippen LogP) is 9.95. The third-order valence-electron chi connectivity index (χ3n) is 6.33. The molecule has 2 aromatic carbocycles. The molecule has 0 amide bonds. The van der Waals surface area contributed by atoms with Gasteiger partial charge in [0.1, 0.15) is 0 Å². The maximum atomic E-state index is 9.00. The number of thiophene rings is 1. The fraction of sp³-hybridized carbons (Fsp3) is 0.567. The summed E-state index contributed by atoms with van der Waals surface area (Å²) in [6.07, 6.45) is 19.1. The zero-order valence-electron chi connectivity index (χ0n) is 21.1. The first-order valence-electron chi connectivity index (χ1n) is 13.2. The van der Waals surface area contributed by atoms with Gasteiger partial charge in [-0.1, -0.05) is 102 Å². The summed E-state index contributed by atoms with van der Waals surface area (Å²) in [6, 6.07) is 13.9. The number of carbonyl (C=O) groups is 1. The quantitative estimate of drug-likeness (QED) is 0.239. The van der Waals surface area contributed by atoms with Gasteiger partial charge in [-0.15, -0.1) is 11.3 Å². The second kappa shape index (κ2) is 15.9. The molecule has 0 unspecified atom stereocenters. The van der Waals surface area contributed by atoms with Crippen LogP contribution in [0.15, 0.2) is 36.4 Å². The van der Waals surface area contributed by atoms with Gasteiger partial charge in [0.2, 0.25) is 0 Å². The lowest BCUT2D eigenvalue weighted by Gasteiger charge is -2.12. The number of hydrogen-bond acceptors (Lipinski definition) is 2. The Labute approximate surface area is 205 Å². The van der Waals surface area contributed by atoms with Crippen molar-refractivity contribution in [3.05, 3.63) is 47.5 Å². The maximum Gasteiger partial charge on any atom is 0.300 e. The third-order valence-corrected chi connectivity index (χ3v) is 7.46. The van der Waals surface area contributed by atoms with E-state index in [9.17, 15) is 0 Å². The van der Waals surface area contributed by atoms with Gasteiger partial charge < -0.3 is 5.11 Å². The number of unbranched alkanes of at least 4 members (excludes halogenated alkanes) is 10. The van der Waals surface area contributed by atoms with E-state index in [2.05, 4.69) is 50.2 Å². The summed E-state index contributed by atoms with van der Waals surface area (Å²) in [7, 11) is 0. The van der Waals surface area contributed by atoms with Crippen LogP contribution in [0.25, 0.3) is 20.2 Å². The first kappa shape index (κ1) is 27.4. The predicted molar refractivity (Wildman–Crippen MR) is 147 cm³/mol. The van der Waals surface area contributed by atoms with Crippen LogP contribution >= 0.6 is 11.3 Å². The molecule has 0 saturated heterocycles. The van der Waals surface area contributed by atoms with Crippen LogP contribution in [0.1, 0.15) is 109 Å². The highest BCUT2D eigenvalue weighted by Gasteiger charge is 2.13. The molecule has 0 atom stereocenters. The molecule has 0 aliphatic carbocycles. The van der Waals surface area contributed by atoms with Crippen LogP contribution in [0.3, 0.4) is 0 Å². The van der Waals surface area contributed by atoms with Crippen LogP contribution in [0.5, 0.6) is 0 Å². The molecule has 0 bridgehead atoms. The summed E-state index contributed by atoms with van der Waals surface area (Å²) in [4.78, 5) is 9.00. The van der Waals surface area contributed by atoms with Gasteiger partial charge in [-0.2, -0.15) is 0 Å². The normalized spacial score (nSPS) is 11.0. The van der Waals surface area contributed by atoms with Gasteiger partial charge in [-0.3, -0.25) is 4.79 Å². The fourth-order valence-electron chi connectivity index (χ4n) is 4.63. The van der Waals surface area contributed by atoms with Crippen LogP contribution in [-0.4, -0.2) is 11.1 Å². The van der Waals surface area contributed by atoms with E-state index in [1.165, 1.54) is 105 Å². The van der Waals surface area contributed by atoms with Crippen molar-refractivity contribution in [2.75, 3.05) is 0 Å². The summed E-state index contributed by atoms with van der Waals surface area (Å²) in [6.45, 7) is 5.69. The Morgan fingerprint density at radius 2 is 1.27 bits per heavy atom. The van der Waals surface area contributed by atoms with Crippen LogP contribution in [-0.2, 0) is 17.6 Å². The number of rotatable bonds is 14. The number of fused-ring (bicyclic) bond motifs is 3. The van der Waals surface area contributed by atoms with Gasteiger partial charge in [-0.05, 0) is 48.9 Å². The smallest absolute Gasteiger partial charge is 0.300 e. The highest BCUT2D eigenvalue weighted by atomic mass is 32.1. The number of carboxylic acid groups (broad SMARTS) is 1. The molecule has 3 rings (SSSR count). The summed E-state index contributed by atoms with van der Waals surface area (Å²) in [5.74, 6) is -0.833. The maximum absolute atomic E-state index is 9.00. The fourth-order valence-corrected chi connectivity index (χ4v) is 5.76. The summed E-state index contributed by atoms with van der Waals surface area (Å²) < 4.78 is 2.93. The SMILES string of the molecule is CC(=O)O.CCCCCCCCc1ccc2sc3ccccc3c2c1CCCCCCCC. The third kappa shape index (κ3) is 9.49. The van der Waals surface area contributed by atoms with Crippen molar-refractivity contribution in [3.8, 4) is 0 Å². The molecule has 33 heavy (non-hydrogen) atoms. The lowest BCUT2D eigenvalue weighted by molar-refractivity contribution is -0.134. The number of hydrogen-bond donors (Lipinski definition) is 1. The largest absolute Gasteiger partial charge is 0.481 e. The van der Waals surface area contributed by atoms with Crippen molar-refractivity contribution in [1.82, 2.24) is 0 Å². The number of aliphatic carboxylic acids is 1. The van der Waals surface area contributed by atoms with Crippen LogP contribution < -0.4 is 0 Å². The van der Waals surface area contributed by atoms with Crippen molar-refractivity contribution in [1.29, 1.82) is 0 Å². The van der Waals surface area contributed by atoms with E-state index in [-0.39, 0.29) is 0 Å². The average Bonchev–Trinajstić information content (AvgIpc) is 3.17. The molecule has 3 aromatic rings. The average molecular weight is 469 g/mol. The molecule has 0 radical (unpaired) electrons. The summed E-state index contributed by atoms with van der Waals surface area (Å²) in [5.41, 5.74) is 3.30. The van der Waals surface area contributed by atoms with Crippen molar-refractivity contribution in [3.63, 3.8) is 0 Å². The van der Waals surface area contributed by atoms with Crippen molar-refractivity contribution < 1.29 is 9.90 Å². The molecule has 2 nitrogen and oxygen atoms in total. The van der Waals surface area contributed by atoms with E-state index in [0.717, 1.165) is 6.92 Å². The molecule has 0 saturated carbocycles. The summed E-state index contributed by atoms with van der Waals surface area (Å²) >= 11 is 1.97. The lowest BCUT2D eigenvalue weighted by Crippen LogP contribution is -1.97. The van der Waals surface area contributed by atoms with Gasteiger partial charge in [0.25, 0.3) is 5.97 Å². The Morgan fingerprint density at radius 3 is 1.91 bits per heavy atom. The molecular weight excluding hydrogens is 424 g/mol. The Bertz CT molecular complexity index is 952. The van der Waals surface area contributed by atoms with E-state index >= 15 is 0 Å². The first-order chi connectivity index (χ1) is 16.1. The second-order valence-electron chi connectivity index (χ2n) is 9.23. The molecule has 182 valence electrons. The van der Waals surface area contributed by atoms with Crippen LogP contribution in [0, 0.1) is 0 Å². The first-order valence-corrected chi connectivity index (χ1v) is 14.0. The van der Waals surface area contributed by atoms with E-state index in [4.69, 9.17) is 9.90 Å². The van der Waals surface area contributed by atoms with Crippen LogP contribution in [0.2, 0.25) is 0 Å². The van der Waals surface area contributed by atoms with Crippen molar-refractivity contribution in [2.45, 2.75) is 111 Å². The zero-order chi connectivity index (χ0) is 23.9. The molecule has 1 N–H and O–H groups in total. The molecule has 1 heterocycles. The molecular formula is C30H44O2S. The highest BCUT2D eigenvalue weighted by Crippen LogP contribution is 2.38. The monoisotopic (exact) mass is 468 g/mol. The lowest BCUT2D eigenvalue weighted by atomic mass is 9.92. The van der Waals surface area contributed by atoms with Crippen molar-refractivity contribution >= 4 is 37.5 Å². The molecule has 0 aliphatic rings. The Balaban J connectivity index is 0.000000890. The van der Waals surface area contributed by atoms with Crippen molar-refractivity contribution in [2.24, 2.45) is 0 Å². The van der Waals surface area contributed by atoms with Gasteiger partial charge in [-0.25, -0.2) is 0 Å². The Hall–Kier alpha value is -1.87. The van der Waals surface area contributed by atoms with Gasteiger partial charge >= 0.3 is 0 Å². The van der Waals surface area contributed by atoms with E-state index in [1.54, 1.807) is 16.5 Å². The van der Waals surface area contributed by atoms with E-state index in [0.29, 0.717) is 0 Å². The molecule has 0 fully saturated rings. The standard InChI is InChI=1S/C28H40S.C2H4O2/c1-3-5-7-9-11-13-17-23-21-22-27-28(25-19-15-16-20-26(25)29-27)24(23)18-14-12-10-8-6-4-2;1-2(3)4/h15-16,19-22H,3-14,17-18H2,1-2H3;1H3,(H,3,4). The minimum absolute atomic E-state index is 0.833. The highest BCUT2D eigenvalue weighted by molar-refractivity contribution is 7.25. The molecule has 0 spiro atoms. The molecule has 0 aliphatic heterocycles. The Morgan fingerprint density at radius 1 is 0.727 bits per heavy atom. The van der Waals surface area contributed by atoms with E-state index in [1.807, 2.05) is 11.3 Å². The Kier molecular flexibility index (Phi) is 13.2. The zero-order valence-corrected chi connectivity index (χ0v) is 21.9. The minimum atomic E-state index is -0.833. The minimum Gasteiger partial charge on any atom is -0.481 e. The van der Waals surface area contributed by atoms with E-state index < -0.39 is 5.97 Å². The van der Waals surface area contributed by atoms with Crippen LogP contribution in [0.4, 0.5) is 0 Å². The van der Waals surface area contributed by atoms with Gasteiger partial charge in [0.15, 0.2) is 0 Å². The number of benzene rings is 2. The number of carboxylic acids is 1. The number of aryl methyl sites for hydroxylation is 2.